The summed E-state index contributed by atoms with van der Waals surface area (Å²) in [6.07, 6.45) is 2.56. The Bertz CT molecular complexity index is 528. The molecule has 0 fully saturated rings. The van der Waals surface area contributed by atoms with Crippen LogP contribution in [0.2, 0.25) is 0 Å². The first-order valence-electron chi connectivity index (χ1n) is 8.04. The number of hydrogen-bond donors (Lipinski definition) is 3. The van der Waals surface area contributed by atoms with Crippen molar-refractivity contribution in [2.75, 3.05) is 24.3 Å². The second kappa shape index (κ2) is 9.84. The molecule has 23 heavy (non-hydrogen) atoms. The second-order valence-corrected chi connectivity index (χ2v) is 5.36. The van der Waals surface area contributed by atoms with Gasteiger partial charge in [-0.3, -0.25) is 9.59 Å². The van der Waals surface area contributed by atoms with Crippen molar-refractivity contribution in [3.63, 3.8) is 0 Å². The van der Waals surface area contributed by atoms with Crippen LogP contribution < -0.4 is 21.1 Å². The number of nitrogens with one attached hydrogen (secondary N) is 2. The van der Waals surface area contributed by atoms with Crippen LogP contribution in [0, 0.1) is 5.92 Å². The molecule has 0 atom stereocenters. The predicted octanol–water partition coefficient (Wildman–Crippen LogP) is 2.75. The molecular formula is C17H27N3O3. The Morgan fingerprint density at radius 3 is 2.48 bits per heavy atom. The molecule has 0 aliphatic rings. The Kier molecular flexibility index (Phi) is 8.11. The minimum atomic E-state index is -0.128. The molecule has 0 radical (unpaired) electrons. The molecule has 0 saturated heterocycles. The minimum Gasteiger partial charge on any atom is -0.495 e. The van der Waals surface area contributed by atoms with Crippen LogP contribution in [0.25, 0.3) is 0 Å². The molecule has 1 aromatic rings. The van der Waals surface area contributed by atoms with E-state index in [0.29, 0.717) is 36.5 Å². The zero-order valence-electron chi connectivity index (χ0n) is 14.1. The van der Waals surface area contributed by atoms with Crippen molar-refractivity contribution in [3.8, 4) is 5.75 Å². The van der Waals surface area contributed by atoms with E-state index in [1.807, 2.05) is 13.8 Å². The van der Waals surface area contributed by atoms with Crippen LogP contribution in [0.1, 0.15) is 39.5 Å². The Morgan fingerprint density at radius 1 is 1.22 bits per heavy atom. The molecule has 0 unspecified atom stereocenters. The van der Waals surface area contributed by atoms with Crippen molar-refractivity contribution in [2.24, 2.45) is 11.7 Å². The summed E-state index contributed by atoms with van der Waals surface area (Å²) < 4.78 is 5.25. The third-order valence-corrected chi connectivity index (χ3v) is 3.71. The van der Waals surface area contributed by atoms with E-state index in [-0.39, 0.29) is 17.7 Å². The van der Waals surface area contributed by atoms with Gasteiger partial charge in [-0.1, -0.05) is 13.8 Å². The van der Waals surface area contributed by atoms with Gasteiger partial charge >= 0.3 is 0 Å². The summed E-state index contributed by atoms with van der Waals surface area (Å²) in [5, 5.41) is 5.68. The van der Waals surface area contributed by atoms with Crippen molar-refractivity contribution < 1.29 is 14.3 Å². The molecule has 0 aliphatic carbocycles. The van der Waals surface area contributed by atoms with E-state index < -0.39 is 0 Å². The van der Waals surface area contributed by atoms with Crippen LogP contribution in [0.5, 0.6) is 5.75 Å². The number of hydrogen-bond acceptors (Lipinski definition) is 4. The van der Waals surface area contributed by atoms with E-state index in [9.17, 15) is 9.59 Å². The number of benzene rings is 1. The average Bonchev–Trinajstić information content (AvgIpc) is 2.54. The predicted molar refractivity (Wildman–Crippen MR) is 92.6 cm³/mol. The van der Waals surface area contributed by atoms with Gasteiger partial charge in [-0.25, -0.2) is 0 Å². The highest BCUT2D eigenvalue weighted by atomic mass is 16.5. The Labute approximate surface area is 137 Å². The van der Waals surface area contributed by atoms with Crippen molar-refractivity contribution in [1.29, 1.82) is 0 Å². The maximum atomic E-state index is 12.2. The lowest BCUT2D eigenvalue weighted by Crippen LogP contribution is -2.21. The number of ether oxygens (including phenoxy) is 1. The summed E-state index contributed by atoms with van der Waals surface area (Å²) in [7, 11) is 1.54. The molecule has 0 aromatic heterocycles. The van der Waals surface area contributed by atoms with Crippen molar-refractivity contribution in [3.05, 3.63) is 18.2 Å². The number of amides is 2. The molecule has 2 amide bonds. The first-order chi connectivity index (χ1) is 11.0. The van der Waals surface area contributed by atoms with Gasteiger partial charge < -0.3 is 21.1 Å². The zero-order chi connectivity index (χ0) is 17.2. The molecular weight excluding hydrogens is 294 g/mol. The highest BCUT2D eigenvalue weighted by molar-refractivity contribution is 5.96. The molecule has 0 saturated carbocycles. The van der Waals surface area contributed by atoms with Gasteiger partial charge in [0.25, 0.3) is 0 Å². The van der Waals surface area contributed by atoms with E-state index in [2.05, 4.69) is 10.6 Å². The normalized spacial score (nSPS) is 10.5. The molecule has 0 aliphatic heterocycles. The highest BCUT2D eigenvalue weighted by Crippen LogP contribution is 2.28. The van der Waals surface area contributed by atoms with E-state index in [0.717, 1.165) is 12.8 Å². The summed E-state index contributed by atoms with van der Waals surface area (Å²) in [5.74, 6) is 0.393. The molecule has 0 heterocycles. The van der Waals surface area contributed by atoms with Gasteiger partial charge in [0.15, 0.2) is 0 Å². The van der Waals surface area contributed by atoms with E-state index in [4.69, 9.17) is 10.5 Å². The Balaban J connectivity index is 2.85. The number of nitrogens with two attached hydrogens (primary N) is 1. The van der Waals surface area contributed by atoms with E-state index >= 15 is 0 Å². The lowest BCUT2D eigenvalue weighted by atomic mass is 10.0. The number of carbonyl (C=O) groups excluding carboxylic acids is 2. The Morgan fingerprint density at radius 2 is 1.91 bits per heavy atom. The quantitative estimate of drug-likeness (QED) is 0.652. The van der Waals surface area contributed by atoms with Gasteiger partial charge in [0.2, 0.25) is 11.8 Å². The summed E-state index contributed by atoms with van der Waals surface area (Å²) >= 11 is 0. The summed E-state index contributed by atoms with van der Waals surface area (Å²) in [5.41, 5.74) is 6.58. The molecule has 1 rings (SSSR count). The maximum absolute atomic E-state index is 12.2. The van der Waals surface area contributed by atoms with Gasteiger partial charge in [0.1, 0.15) is 5.75 Å². The molecule has 128 valence electrons. The fourth-order valence-electron chi connectivity index (χ4n) is 2.26. The minimum absolute atomic E-state index is 0.0134. The standard InChI is InChI=1S/C17H27N3O3/c1-4-12(5-2)17(22)19-13-8-9-15(23-3)14(11-13)20-16(21)7-6-10-18/h8-9,11-12H,4-7,10,18H2,1-3H3,(H,19,22)(H,20,21). The van der Waals surface area contributed by atoms with Crippen molar-refractivity contribution >= 4 is 23.2 Å². The SMILES string of the molecule is CCC(CC)C(=O)Nc1ccc(OC)c(NC(=O)CCCN)c1. The van der Waals surface area contributed by atoms with Crippen LogP contribution in [0.3, 0.4) is 0 Å². The monoisotopic (exact) mass is 321 g/mol. The van der Waals surface area contributed by atoms with Crippen molar-refractivity contribution in [1.82, 2.24) is 0 Å². The van der Waals surface area contributed by atoms with Gasteiger partial charge in [0.05, 0.1) is 12.8 Å². The first kappa shape index (κ1) is 19.0. The largest absolute Gasteiger partial charge is 0.495 e. The van der Waals surface area contributed by atoms with E-state index in [1.54, 1.807) is 18.2 Å². The number of rotatable bonds is 9. The molecule has 6 heteroatoms. The Hall–Kier alpha value is -2.08. The molecule has 4 N–H and O–H groups in total. The van der Waals surface area contributed by atoms with Gasteiger partial charge in [-0.2, -0.15) is 0 Å². The van der Waals surface area contributed by atoms with Gasteiger partial charge in [-0.15, -0.1) is 0 Å². The van der Waals surface area contributed by atoms with Crippen molar-refractivity contribution in [2.45, 2.75) is 39.5 Å². The van der Waals surface area contributed by atoms with Gasteiger partial charge in [0, 0.05) is 18.0 Å². The fourth-order valence-corrected chi connectivity index (χ4v) is 2.26. The highest BCUT2D eigenvalue weighted by Gasteiger charge is 2.15. The van der Waals surface area contributed by atoms with Crippen LogP contribution >= 0.6 is 0 Å². The smallest absolute Gasteiger partial charge is 0.227 e. The average molecular weight is 321 g/mol. The fraction of sp³-hybridized carbons (Fsp3) is 0.529. The number of anilines is 2. The maximum Gasteiger partial charge on any atom is 0.227 e. The molecule has 0 bridgehead atoms. The van der Waals surface area contributed by atoms with E-state index in [1.165, 1.54) is 7.11 Å². The lowest BCUT2D eigenvalue weighted by molar-refractivity contribution is -0.120. The van der Waals surface area contributed by atoms with Crippen LogP contribution in [-0.2, 0) is 9.59 Å². The summed E-state index contributed by atoms with van der Waals surface area (Å²) in [6.45, 7) is 4.45. The molecule has 6 nitrogen and oxygen atoms in total. The lowest BCUT2D eigenvalue weighted by Gasteiger charge is -2.15. The summed E-state index contributed by atoms with van der Waals surface area (Å²) in [6, 6.07) is 5.19. The second-order valence-electron chi connectivity index (χ2n) is 5.36. The first-order valence-corrected chi connectivity index (χ1v) is 8.04. The third kappa shape index (κ3) is 5.90. The topological polar surface area (TPSA) is 93.5 Å². The zero-order valence-corrected chi connectivity index (χ0v) is 14.1. The number of carbonyl (C=O) groups is 2. The van der Waals surface area contributed by atoms with Crippen LogP contribution in [-0.4, -0.2) is 25.5 Å². The van der Waals surface area contributed by atoms with Crippen LogP contribution in [0.15, 0.2) is 18.2 Å². The third-order valence-electron chi connectivity index (χ3n) is 3.71. The van der Waals surface area contributed by atoms with Crippen LogP contribution in [0.4, 0.5) is 11.4 Å². The molecule has 0 spiro atoms. The number of methoxy groups -OCH3 is 1. The summed E-state index contributed by atoms with van der Waals surface area (Å²) in [4.78, 5) is 24.0. The van der Waals surface area contributed by atoms with Gasteiger partial charge in [-0.05, 0) is 44.0 Å². The molecule has 1 aromatic carbocycles.